The lowest BCUT2D eigenvalue weighted by atomic mass is 10.1. The van der Waals surface area contributed by atoms with Crippen molar-refractivity contribution in [2.45, 2.75) is 39.1 Å². The highest BCUT2D eigenvalue weighted by atomic mass is 35.5. The van der Waals surface area contributed by atoms with E-state index in [1.165, 1.54) is 10.8 Å². The zero-order valence-corrected chi connectivity index (χ0v) is 18.2. The van der Waals surface area contributed by atoms with E-state index in [-0.39, 0.29) is 17.9 Å². The standard InChI is InChI=1S/C22H23ClN6O2/c1-14-9-27(10-15(2)31-14)11-17-7-19-20(24-8-17)28(12-16-3-5-18(23)6-4-16)22(30)29-21(19)25-13-26-29/h3-8,13-15H,9-12H2,1-2H3/p+1/t14-,15+. The predicted molar refractivity (Wildman–Crippen MR) is 117 cm³/mol. The van der Waals surface area contributed by atoms with Crippen molar-refractivity contribution in [2.24, 2.45) is 0 Å². The average molecular weight is 440 g/mol. The molecule has 0 radical (unpaired) electrons. The van der Waals surface area contributed by atoms with Crippen LogP contribution in [0.3, 0.4) is 0 Å². The van der Waals surface area contributed by atoms with Gasteiger partial charge < -0.3 is 4.74 Å². The van der Waals surface area contributed by atoms with Gasteiger partial charge in [0, 0.05) is 36.0 Å². The molecule has 160 valence electrons. The number of nitrogens with one attached hydrogen (secondary N) is 1. The first-order valence-corrected chi connectivity index (χ1v) is 10.7. The zero-order chi connectivity index (χ0) is 21.5. The first-order chi connectivity index (χ1) is 15.0. The molecule has 0 saturated carbocycles. The Morgan fingerprint density at radius 2 is 1.87 bits per heavy atom. The summed E-state index contributed by atoms with van der Waals surface area (Å²) in [6.45, 7) is 7.12. The van der Waals surface area contributed by atoms with Gasteiger partial charge in [0.1, 0.15) is 0 Å². The first kappa shape index (κ1) is 20.1. The summed E-state index contributed by atoms with van der Waals surface area (Å²) in [7, 11) is 0. The molecule has 9 heteroatoms. The van der Waals surface area contributed by atoms with Gasteiger partial charge in [0.15, 0.2) is 5.65 Å². The van der Waals surface area contributed by atoms with E-state index in [0.717, 1.165) is 36.1 Å². The van der Waals surface area contributed by atoms with Gasteiger partial charge in [0.2, 0.25) is 0 Å². The molecule has 3 aromatic heterocycles. The summed E-state index contributed by atoms with van der Waals surface area (Å²) in [5.41, 5.74) is 3.07. The van der Waals surface area contributed by atoms with E-state index in [2.05, 4.69) is 34.9 Å². The van der Waals surface area contributed by atoms with Crippen LogP contribution in [-0.2, 0) is 17.8 Å². The topological polar surface area (TPSA) is 78.8 Å². The largest absolute Gasteiger partial charge is 0.425 e. The van der Waals surface area contributed by atoms with Gasteiger partial charge in [-0.2, -0.15) is 0 Å². The molecule has 4 aromatic rings. The lowest BCUT2D eigenvalue weighted by molar-refractivity contribution is -0.345. The third-order valence-corrected chi connectivity index (χ3v) is 5.84. The number of fused-ring (bicyclic) bond motifs is 3. The highest BCUT2D eigenvalue weighted by molar-refractivity contribution is 6.30. The molecular formula is C22H24ClN6O2+. The molecule has 1 saturated heterocycles. The predicted octanol–water partition coefficient (Wildman–Crippen LogP) is 2.17. The summed E-state index contributed by atoms with van der Waals surface area (Å²) in [6, 6.07) is 9.56. The van der Waals surface area contributed by atoms with Crippen molar-refractivity contribution in [1.82, 2.24) is 24.1 Å². The van der Waals surface area contributed by atoms with Gasteiger partial charge in [0.05, 0.1) is 24.1 Å². The number of nitrogens with zero attached hydrogens (tertiary/aromatic N) is 5. The SMILES string of the molecule is C[C@@H]1CN(Cc2cnc3c(c2)c2[nH+]cnn2c(=O)n3Cc2ccc(Cl)cc2)C[C@H](C)O1. The Morgan fingerprint density at radius 1 is 1.13 bits per heavy atom. The number of pyridine rings is 1. The molecule has 31 heavy (non-hydrogen) atoms. The van der Waals surface area contributed by atoms with Gasteiger partial charge in [0.25, 0.3) is 12.0 Å². The molecule has 0 unspecified atom stereocenters. The van der Waals surface area contributed by atoms with E-state index in [0.29, 0.717) is 22.9 Å². The van der Waals surface area contributed by atoms with Gasteiger partial charge >= 0.3 is 5.69 Å². The molecule has 1 aromatic carbocycles. The Balaban J connectivity index is 1.57. The van der Waals surface area contributed by atoms with Gasteiger partial charge in [-0.05, 0) is 47.7 Å². The van der Waals surface area contributed by atoms with Crippen LogP contribution in [0.2, 0.25) is 5.02 Å². The highest BCUT2D eigenvalue weighted by Crippen LogP contribution is 2.19. The van der Waals surface area contributed by atoms with Crippen molar-refractivity contribution in [3.05, 3.63) is 69.5 Å². The molecular weight excluding hydrogens is 416 g/mol. The second kappa shape index (κ2) is 8.03. The van der Waals surface area contributed by atoms with Crippen molar-refractivity contribution in [2.75, 3.05) is 13.1 Å². The van der Waals surface area contributed by atoms with E-state index in [9.17, 15) is 4.79 Å². The molecule has 1 N–H and O–H groups in total. The maximum Gasteiger partial charge on any atom is 0.425 e. The smallest absolute Gasteiger partial charge is 0.373 e. The van der Waals surface area contributed by atoms with Crippen molar-refractivity contribution in [3.8, 4) is 0 Å². The number of aromatic amines is 1. The number of H-pyrrole nitrogens is 1. The van der Waals surface area contributed by atoms with Crippen LogP contribution in [0.15, 0.2) is 47.7 Å². The van der Waals surface area contributed by atoms with Crippen LogP contribution in [0.5, 0.6) is 0 Å². The van der Waals surface area contributed by atoms with Crippen LogP contribution in [-0.4, -0.2) is 49.4 Å². The third-order valence-electron chi connectivity index (χ3n) is 5.59. The van der Waals surface area contributed by atoms with Crippen molar-refractivity contribution in [1.29, 1.82) is 0 Å². The van der Waals surface area contributed by atoms with Crippen molar-refractivity contribution in [3.63, 3.8) is 0 Å². The molecule has 2 atom stereocenters. The summed E-state index contributed by atoms with van der Waals surface area (Å²) < 4.78 is 8.88. The monoisotopic (exact) mass is 439 g/mol. The molecule has 8 nitrogen and oxygen atoms in total. The Bertz CT molecular complexity index is 1290. The number of hydrogen-bond donors (Lipinski definition) is 0. The van der Waals surface area contributed by atoms with Gasteiger partial charge in [-0.1, -0.05) is 23.7 Å². The number of ether oxygens (including phenoxy) is 1. The number of halogens is 1. The number of hydrogen-bond acceptors (Lipinski definition) is 5. The lowest BCUT2D eigenvalue weighted by Crippen LogP contribution is -2.44. The summed E-state index contributed by atoms with van der Waals surface area (Å²) in [5, 5.41) is 5.72. The molecule has 1 fully saturated rings. The Kier molecular flexibility index (Phi) is 5.21. The van der Waals surface area contributed by atoms with E-state index < -0.39 is 0 Å². The second-order valence-corrected chi connectivity index (χ2v) is 8.65. The fraction of sp³-hybridized carbons (Fsp3) is 0.364. The zero-order valence-electron chi connectivity index (χ0n) is 17.5. The Labute approximate surface area is 184 Å². The normalized spacial score (nSPS) is 20.0. The maximum absolute atomic E-state index is 13.1. The van der Waals surface area contributed by atoms with E-state index >= 15 is 0 Å². The molecule has 0 amide bonds. The minimum absolute atomic E-state index is 0.205. The first-order valence-electron chi connectivity index (χ1n) is 10.4. The number of morpholine rings is 1. The quantitative estimate of drug-likeness (QED) is 0.487. The molecule has 1 aliphatic rings. The summed E-state index contributed by atoms with van der Waals surface area (Å²) in [4.78, 5) is 23.3. The van der Waals surface area contributed by atoms with Crippen LogP contribution in [0.1, 0.15) is 25.0 Å². The third kappa shape index (κ3) is 3.94. The molecule has 0 bridgehead atoms. The average Bonchev–Trinajstić information content (AvgIpc) is 3.22. The number of rotatable bonds is 4. The maximum atomic E-state index is 13.1. The van der Waals surface area contributed by atoms with Crippen molar-refractivity contribution >= 4 is 28.3 Å². The highest BCUT2D eigenvalue weighted by Gasteiger charge is 2.24. The summed E-state index contributed by atoms with van der Waals surface area (Å²) in [5.74, 6) is 0. The van der Waals surface area contributed by atoms with Crippen LogP contribution >= 0.6 is 11.6 Å². The fourth-order valence-electron chi connectivity index (χ4n) is 4.37. The molecule has 0 aliphatic carbocycles. The van der Waals surface area contributed by atoms with Gasteiger partial charge in [-0.15, -0.1) is 0 Å². The Morgan fingerprint density at radius 3 is 2.61 bits per heavy atom. The molecule has 1 aliphatic heterocycles. The van der Waals surface area contributed by atoms with Gasteiger partial charge in [-0.25, -0.2) is 14.8 Å². The van der Waals surface area contributed by atoms with E-state index in [1.807, 2.05) is 30.5 Å². The lowest BCUT2D eigenvalue weighted by Gasteiger charge is -2.35. The van der Waals surface area contributed by atoms with Crippen LogP contribution in [0.4, 0.5) is 0 Å². The summed E-state index contributed by atoms with van der Waals surface area (Å²) in [6.07, 6.45) is 3.80. The Hall–Kier alpha value is -2.81. The van der Waals surface area contributed by atoms with Crippen LogP contribution < -0.4 is 10.7 Å². The molecule has 5 rings (SSSR count). The van der Waals surface area contributed by atoms with E-state index in [4.69, 9.17) is 21.3 Å². The summed E-state index contributed by atoms with van der Waals surface area (Å²) >= 11 is 6.01. The van der Waals surface area contributed by atoms with Crippen LogP contribution in [0.25, 0.3) is 16.7 Å². The molecule has 4 heterocycles. The second-order valence-electron chi connectivity index (χ2n) is 8.21. The minimum atomic E-state index is -0.241. The van der Waals surface area contributed by atoms with E-state index in [1.54, 1.807) is 4.57 Å². The van der Waals surface area contributed by atoms with Crippen LogP contribution in [0, 0.1) is 0 Å². The minimum Gasteiger partial charge on any atom is -0.373 e. The number of benzene rings is 1. The molecule has 0 spiro atoms. The van der Waals surface area contributed by atoms with Crippen molar-refractivity contribution < 1.29 is 9.72 Å². The number of aromatic nitrogens is 5. The van der Waals surface area contributed by atoms with Gasteiger partial charge in [-0.3, -0.25) is 9.47 Å². The fourth-order valence-corrected chi connectivity index (χ4v) is 4.50.